The van der Waals surface area contributed by atoms with Crippen LogP contribution >= 0.6 is 0 Å². The number of hydrogen-bond acceptors (Lipinski definition) is 2. The quantitative estimate of drug-likeness (QED) is 0.780. The van der Waals surface area contributed by atoms with E-state index in [-0.39, 0.29) is 11.4 Å². The Morgan fingerprint density at radius 1 is 1.05 bits per heavy atom. The van der Waals surface area contributed by atoms with Crippen molar-refractivity contribution < 1.29 is 4.39 Å². The first kappa shape index (κ1) is 13.2. The second kappa shape index (κ2) is 5.32. The van der Waals surface area contributed by atoms with Crippen LogP contribution in [0.3, 0.4) is 0 Å². The highest BCUT2D eigenvalue weighted by Gasteiger charge is 2.09. The lowest BCUT2D eigenvalue weighted by atomic mass is 10.1. The fourth-order valence-corrected chi connectivity index (χ4v) is 2.19. The lowest BCUT2D eigenvalue weighted by Gasteiger charge is -2.07. The second-order valence-corrected chi connectivity index (χ2v) is 4.80. The largest absolute Gasteiger partial charge is 0.306 e. The number of benzene rings is 2. The molecule has 1 N–H and O–H groups in total. The van der Waals surface area contributed by atoms with Gasteiger partial charge in [0.25, 0.3) is 5.56 Å². The van der Waals surface area contributed by atoms with E-state index in [0.29, 0.717) is 17.1 Å². The third kappa shape index (κ3) is 2.74. The molecule has 21 heavy (non-hydrogen) atoms. The van der Waals surface area contributed by atoms with Gasteiger partial charge in [-0.1, -0.05) is 36.4 Å². The maximum absolute atomic E-state index is 13.4. The van der Waals surface area contributed by atoms with Gasteiger partial charge in [0.2, 0.25) is 0 Å². The van der Waals surface area contributed by atoms with Crippen molar-refractivity contribution in [2.24, 2.45) is 0 Å². The molecule has 0 unspecified atom stereocenters. The molecule has 2 aromatic carbocycles. The first-order valence-corrected chi connectivity index (χ1v) is 6.57. The Morgan fingerprint density at radius 3 is 2.57 bits per heavy atom. The Kier molecular flexibility index (Phi) is 3.36. The summed E-state index contributed by atoms with van der Waals surface area (Å²) < 4.78 is 13.4. The van der Waals surface area contributed by atoms with E-state index in [4.69, 9.17) is 0 Å². The molecule has 0 amide bonds. The molecule has 1 heterocycles. The van der Waals surface area contributed by atoms with Crippen LogP contribution in [0.4, 0.5) is 4.39 Å². The summed E-state index contributed by atoms with van der Waals surface area (Å²) in [5.74, 6) is 0.0155. The number of halogens is 1. The number of aromatic amines is 1. The topological polar surface area (TPSA) is 45.8 Å². The number of H-pyrrole nitrogens is 1. The molecule has 0 saturated heterocycles. The van der Waals surface area contributed by atoms with Gasteiger partial charge in [-0.15, -0.1) is 0 Å². The SMILES string of the molecule is Cc1ccc(F)cc1-c1nc(-c2ccccc2)cc(=O)[nH]1. The Bertz CT molecular complexity index is 841. The highest BCUT2D eigenvalue weighted by atomic mass is 19.1. The molecule has 0 aliphatic carbocycles. The monoisotopic (exact) mass is 280 g/mol. The summed E-state index contributed by atoms with van der Waals surface area (Å²) in [5, 5.41) is 0. The molecule has 0 atom stereocenters. The zero-order valence-electron chi connectivity index (χ0n) is 11.4. The summed E-state index contributed by atoms with van der Waals surface area (Å²) in [6, 6.07) is 15.3. The Labute approximate surface area is 121 Å². The highest BCUT2D eigenvalue weighted by Crippen LogP contribution is 2.22. The van der Waals surface area contributed by atoms with E-state index in [2.05, 4.69) is 9.97 Å². The molecule has 0 radical (unpaired) electrons. The normalized spacial score (nSPS) is 10.6. The van der Waals surface area contributed by atoms with Gasteiger partial charge in [-0.05, 0) is 24.6 Å². The summed E-state index contributed by atoms with van der Waals surface area (Å²) in [4.78, 5) is 19.0. The predicted molar refractivity (Wildman–Crippen MR) is 80.4 cm³/mol. The highest BCUT2D eigenvalue weighted by molar-refractivity contribution is 5.65. The number of aromatic nitrogens is 2. The van der Waals surface area contributed by atoms with E-state index in [1.807, 2.05) is 37.3 Å². The Morgan fingerprint density at radius 2 is 1.81 bits per heavy atom. The Balaban J connectivity index is 2.19. The van der Waals surface area contributed by atoms with Crippen LogP contribution in [0, 0.1) is 12.7 Å². The van der Waals surface area contributed by atoms with Crippen LogP contribution in [0.15, 0.2) is 59.4 Å². The summed E-state index contributed by atoms with van der Waals surface area (Å²) in [7, 11) is 0. The first-order chi connectivity index (χ1) is 10.1. The molecule has 4 heteroatoms. The minimum atomic E-state index is -0.358. The molecule has 0 aliphatic heterocycles. The fraction of sp³-hybridized carbons (Fsp3) is 0.0588. The van der Waals surface area contributed by atoms with Crippen LogP contribution in [0.5, 0.6) is 0 Å². The fourth-order valence-electron chi connectivity index (χ4n) is 2.19. The van der Waals surface area contributed by atoms with Gasteiger partial charge < -0.3 is 4.98 Å². The smallest absolute Gasteiger partial charge is 0.251 e. The lowest BCUT2D eigenvalue weighted by Crippen LogP contribution is -2.09. The van der Waals surface area contributed by atoms with Crippen molar-refractivity contribution in [3.05, 3.63) is 76.3 Å². The second-order valence-electron chi connectivity index (χ2n) is 4.80. The number of nitrogens with one attached hydrogen (secondary N) is 1. The Hall–Kier alpha value is -2.75. The lowest BCUT2D eigenvalue weighted by molar-refractivity contribution is 0.627. The molecule has 0 aliphatic rings. The van der Waals surface area contributed by atoms with Gasteiger partial charge in [0.1, 0.15) is 11.6 Å². The molecule has 0 saturated carbocycles. The van der Waals surface area contributed by atoms with Crippen molar-refractivity contribution in [1.29, 1.82) is 0 Å². The first-order valence-electron chi connectivity index (χ1n) is 6.57. The average Bonchev–Trinajstić information content (AvgIpc) is 2.50. The number of aryl methyl sites for hydroxylation is 1. The summed E-state index contributed by atoms with van der Waals surface area (Å²) in [6.45, 7) is 1.85. The molecule has 0 fully saturated rings. The molecule has 1 aromatic heterocycles. The van der Waals surface area contributed by atoms with Gasteiger partial charge in [0.15, 0.2) is 0 Å². The third-order valence-corrected chi connectivity index (χ3v) is 3.27. The van der Waals surface area contributed by atoms with Crippen molar-refractivity contribution in [2.75, 3.05) is 0 Å². The standard InChI is InChI=1S/C17H13FN2O/c1-11-7-8-13(18)9-14(11)17-19-15(10-16(21)20-17)12-5-3-2-4-6-12/h2-10H,1H3,(H,19,20,21). The summed E-state index contributed by atoms with van der Waals surface area (Å²) in [5.41, 5.74) is 2.59. The van der Waals surface area contributed by atoms with Crippen molar-refractivity contribution in [3.63, 3.8) is 0 Å². The van der Waals surface area contributed by atoms with E-state index in [1.54, 1.807) is 6.07 Å². The zero-order valence-corrected chi connectivity index (χ0v) is 11.4. The van der Waals surface area contributed by atoms with E-state index in [1.165, 1.54) is 18.2 Å². The molecule has 3 nitrogen and oxygen atoms in total. The molecule has 0 spiro atoms. The van der Waals surface area contributed by atoms with Crippen LogP contribution in [-0.4, -0.2) is 9.97 Å². The van der Waals surface area contributed by atoms with Gasteiger partial charge in [-0.3, -0.25) is 4.79 Å². The third-order valence-electron chi connectivity index (χ3n) is 3.27. The van der Waals surface area contributed by atoms with Crippen LogP contribution in [0.1, 0.15) is 5.56 Å². The van der Waals surface area contributed by atoms with E-state index >= 15 is 0 Å². The number of nitrogens with zero attached hydrogens (tertiary/aromatic N) is 1. The minimum absolute atomic E-state index is 0.262. The van der Waals surface area contributed by atoms with E-state index < -0.39 is 0 Å². The molecule has 3 aromatic rings. The molecular formula is C17H13FN2O. The van der Waals surface area contributed by atoms with Crippen LogP contribution in [0.25, 0.3) is 22.6 Å². The van der Waals surface area contributed by atoms with Crippen LogP contribution in [0.2, 0.25) is 0 Å². The van der Waals surface area contributed by atoms with E-state index in [0.717, 1.165) is 11.1 Å². The van der Waals surface area contributed by atoms with Gasteiger partial charge in [0.05, 0.1) is 5.69 Å². The molecular weight excluding hydrogens is 267 g/mol. The minimum Gasteiger partial charge on any atom is -0.306 e. The van der Waals surface area contributed by atoms with Crippen molar-refractivity contribution >= 4 is 0 Å². The predicted octanol–water partition coefficient (Wildman–Crippen LogP) is 3.55. The van der Waals surface area contributed by atoms with Crippen LogP contribution < -0.4 is 5.56 Å². The maximum Gasteiger partial charge on any atom is 0.251 e. The van der Waals surface area contributed by atoms with Crippen molar-refractivity contribution in [3.8, 4) is 22.6 Å². The summed E-state index contributed by atoms with van der Waals surface area (Å²) >= 11 is 0. The summed E-state index contributed by atoms with van der Waals surface area (Å²) in [6.07, 6.45) is 0. The van der Waals surface area contributed by atoms with Gasteiger partial charge in [-0.25, -0.2) is 9.37 Å². The average molecular weight is 280 g/mol. The molecule has 0 bridgehead atoms. The van der Waals surface area contributed by atoms with Gasteiger partial charge >= 0.3 is 0 Å². The van der Waals surface area contributed by atoms with E-state index in [9.17, 15) is 9.18 Å². The number of hydrogen-bond donors (Lipinski definition) is 1. The van der Waals surface area contributed by atoms with Crippen LogP contribution in [-0.2, 0) is 0 Å². The molecule has 3 rings (SSSR count). The zero-order chi connectivity index (χ0) is 14.8. The van der Waals surface area contributed by atoms with Crippen molar-refractivity contribution in [2.45, 2.75) is 6.92 Å². The van der Waals surface area contributed by atoms with Crippen molar-refractivity contribution in [1.82, 2.24) is 9.97 Å². The van der Waals surface area contributed by atoms with Gasteiger partial charge in [0, 0.05) is 17.2 Å². The number of rotatable bonds is 2. The maximum atomic E-state index is 13.4. The van der Waals surface area contributed by atoms with Gasteiger partial charge in [-0.2, -0.15) is 0 Å². The molecule has 104 valence electrons.